The average Bonchev–Trinajstić information content (AvgIpc) is 3.08. The van der Waals surface area contributed by atoms with E-state index in [0.29, 0.717) is 6.42 Å². The SMILES string of the molecule is CC(NC(=O)c1ccc(S(=O)(=O)NCCc2cccs2)cc1)C(=O)O. The van der Waals surface area contributed by atoms with Gasteiger partial charge in [0.25, 0.3) is 5.91 Å². The number of hydrogen-bond donors (Lipinski definition) is 3. The van der Waals surface area contributed by atoms with Crippen LogP contribution in [0.25, 0.3) is 0 Å². The number of rotatable bonds is 8. The van der Waals surface area contributed by atoms with Crippen LogP contribution in [0.2, 0.25) is 0 Å². The smallest absolute Gasteiger partial charge is 0.325 e. The van der Waals surface area contributed by atoms with E-state index in [2.05, 4.69) is 10.0 Å². The number of amides is 1. The number of carboxylic acid groups (broad SMARTS) is 1. The molecule has 1 unspecified atom stereocenters. The lowest BCUT2D eigenvalue weighted by molar-refractivity contribution is -0.138. The number of carbonyl (C=O) groups is 2. The molecule has 9 heteroatoms. The molecule has 2 rings (SSSR count). The Morgan fingerprint density at radius 2 is 1.88 bits per heavy atom. The Hall–Kier alpha value is -2.23. The van der Waals surface area contributed by atoms with Crippen LogP contribution >= 0.6 is 11.3 Å². The lowest BCUT2D eigenvalue weighted by Gasteiger charge is -2.10. The van der Waals surface area contributed by atoms with Gasteiger partial charge in [0.05, 0.1) is 4.90 Å². The van der Waals surface area contributed by atoms with Gasteiger partial charge in [0.15, 0.2) is 0 Å². The summed E-state index contributed by atoms with van der Waals surface area (Å²) in [5, 5.41) is 13.0. The van der Waals surface area contributed by atoms with E-state index in [0.717, 1.165) is 4.88 Å². The predicted octanol–water partition coefficient (Wildman–Crippen LogP) is 1.47. The minimum absolute atomic E-state index is 0.0431. The number of hydrogen-bond acceptors (Lipinski definition) is 5. The number of carboxylic acids is 1. The summed E-state index contributed by atoms with van der Waals surface area (Å²) < 4.78 is 27.0. The molecule has 0 aliphatic heterocycles. The normalized spacial score (nSPS) is 12.5. The number of sulfonamides is 1. The Bertz CT molecular complexity index is 830. The largest absolute Gasteiger partial charge is 0.480 e. The van der Waals surface area contributed by atoms with E-state index in [1.54, 1.807) is 11.3 Å². The van der Waals surface area contributed by atoms with E-state index in [9.17, 15) is 18.0 Å². The second-order valence-electron chi connectivity index (χ2n) is 5.28. The number of nitrogens with one attached hydrogen (secondary N) is 2. The van der Waals surface area contributed by atoms with Crippen molar-refractivity contribution in [3.63, 3.8) is 0 Å². The standard InChI is InChI=1S/C16H18N2O5S2/c1-11(16(20)21)18-15(19)12-4-6-14(7-5-12)25(22,23)17-9-8-13-3-2-10-24-13/h2-7,10-11,17H,8-9H2,1H3,(H,18,19)(H,20,21). The molecule has 3 N–H and O–H groups in total. The molecule has 0 spiro atoms. The predicted molar refractivity (Wildman–Crippen MR) is 94.2 cm³/mol. The van der Waals surface area contributed by atoms with Crippen molar-refractivity contribution < 1.29 is 23.1 Å². The summed E-state index contributed by atoms with van der Waals surface area (Å²) in [5.41, 5.74) is 0.186. The highest BCUT2D eigenvalue weighted by atomic mass is 32.2. The molecular weight excluding hydrogens is 364 g/mol. The van der Waals surface area contributed by atoms with Gasteiger partial charge in [-0.05, 0) is 49.1 Å². The van der Waals surface area contributed by atoms with Gasteiger partial charge in [-0.25, -0.2) is 13.1 Å². The third-order valence-corrected chi connectivity index (χ3v) is 5.80. The maximum atomic E-state index is 12.2. The summed E-state index contributed by atoms with van der Waals surface area (Å²) >= 11 is 1.56. The van der Waals surface area contributed by atoms with E-state index >= 15 is 0 Å². The Morgan fingerprint density at radius 3 is 2.44 bits per heavy atom. The summed E-state index contributed by atoms with van der Waals surface area (Å²) in [6.45, 7) is 1.62. The maximum Gasteiger partial charge on any atom is 0.325 e. The number of carbonyl (C=O) groups excluding carboxylic acids is 1. The van der Waals surface area contributed by atoms with Crippen LogP contribution in [0.5, 0.6) is 0 Å². The van der Waals surface area contributed by atoms with Crippen LogP contribution in [0.1, 0.15) is 22.2 Å². The third kappa shape index (κ3) is 5.38. The van der Waals surface area contributed by atoms with Crippen molar-refractivity contribution in [2.75, 3.05) is 6.54 Å². The first-order chi connectivity index (χ1) is 11.8. The fraction of sp³-hybridized carbons (Fsp3) is 0.250. The fourth-order valence-corrected chi connectivity index (χ4v) is 3.71. The van der Waals surface area contributed by atoms with Gasteiger partial charge in [-0.3, -0.25) is 9.59 Å². The first-order valence-electron chi connectivity index (χ1n) is 7.45. The van der Waals surface area contributed by atoms with Crippen molar-refractivity contribution in [1.29, 1.82) is 0 Å². The van der Waals surface area contributed by atoms with E-state index in [1.807, 2.05) is 17.5 Å². The lowest BCUT2D eigenvalue weighted by atomic mass is 10.2. The highest BCUT2D eigenvalue weighted by Crippen LogP contribution is 2.12. The zero-order valence-corrected chi connectivity index (χ0v) is 15.1. The average molecular weight is 382 g/mol. The summed E-state index contributed by atoms with van der Waals surface area (Å²) in [6.07, 6.45) is 0.602. The molecular formula is C16H18N2O5S2. The molecule has 0 radical (unpaired) electrons. The van der Waals surface area contributed by atoms with E-state index in [1.165, 1.54) is 31.2 Å². The zero-order valence-electron chi connectivity index (χ0n) is 13.4. The molecule has 1 aromatic carbocycles. The van der Waals surface area contributed by atoms with E-state index in [-0.39, 0.29) is 17.0 Å². The third-order valence-electron chi connectivity index (χ3n) is 3.39. The number of thiophene rings is 1. The first-order valence-corrected chi connectivity index (χ1v) is 9.81. The van der Waals surface area contributed by atoms with Gasteiger partial charge in [0.2, 0.25) is 10.0 Å². The van der Waals surface area contributed by atoms with Gasteiger partial charge in [-0.15, -0.1) is 11.3 Å². The Morgan fingerprint density at radius 1 is 1.20 bits per heavy atom. The van der Waals surface area contributed by atoms with Crippen LogP contribution in [-0.2, 0) is 21.2 Å². The van der Waals surface area contributed by atoms with Crippen LogP contribution < -0.4 is 10.0 Å². The first kappa shape index (κ1) is 19.1. The molecule has 25 heavy (non-hydrogen) atoms. The quantitative estimate of drug-likeness (QED) is 0.640. The van der Waals surface area contributed by atoms with Crippen LogP contribution in [0.15, 0.2) is 46.7 Å². The molecule has 0 fully saturated rings. The van der Waals surface area contributed by atoms with Crippen LogP contribution in [0.4, 0.5) is 0 Å². The zero-order chi connectivity index (χ0) is 18.4. The summed E-state index contributed by atoms with van der Waals surface area (Å²) in [5.74, 6) is -1.73. The second kappa shape index (κ2) is 8.24. The Kier molecular flexibility index (Phi) is 6.29. The van der Waals surface area contributed by atoms with Gasteiger partial charge >= 0.3 is 5.97 Å². The monoisotopic (exact) mass is 382 g/mol. The highest BCUT2D eigenvalue weighted by Gasteiger charge is 2.17. The molecule has 0 aliphatic rings. The van der Waals surface area contributed by atoms with Crippen LogP contribution in [0.3, 0.4) is 0 Å². The molecule has 134 valence electrons. The van der Waals surface area contributed by atoms with Crippen LogP contribution in [0, 0.1) is 0 Å². The fourth-order valence-electron chi connectivity index (χ4n) is 1.97. The second-order valence-corrected chi connectivity index (χ2v) is 8.08. The van der Waals surface area contributed by atoms with Crippen molar-refractivity contribution in [2.24, 2.45) is 0 Å². The molecule has 0 aliphatic carbocycles. The van der Waals surface area contributed by atoms with Gasteiger partial charge in [0, 0.05) is 17.0 Å². The summed E-state index contributed by atoms with van der Waals surface area (Å²) in [7, 11) is -3.66. The minimum atomic E-state index is -3.66. The topological polar surface area (TPSA) is 113 Å². The molecule has 1 heterocycles. The molecule has 0 bridgehead atoms. The summed E-state index contributed by atoms with van der Waals surface area (Å²) in [6, 6.07) is 8.13. The molecule has 1 atom stereocenters. The van der Waals surface area contributed by atoms with E-state index in [4.69, 9.17) is 5.11 Å². The molecule has 1 amide bonds. The highest BCUT2D eigenvalue weighted by molar-refractivity contribution is 7.89. The minimum Gasteiger partial charge on any atom is -0.480 e. The molecule has 0 saturated heterocycles. The Labute approximate surface area is 149 Å². The molecule has 1 aromatic heterocycles. The van der Waals surface area contributed by atoms with Crippen molar-refractivity contribution in [1.82, 2.24) is 10.0 Å². The van der Waals surface area contributed by atoms with Crippen molar-refractivity contribution in [3.05, 3.63) is 52.2 Å². The van der Waals surface area contributed by atoms with Gasteiger partial charge < -0.3 is 10.4 Å². The Balaban J connectivity index is 1.97. The maximum absolute atomic E-state index is 12.2. The van der Waals surface area contributed by atoms with Crippen molar-refractivity contribution >= 4 is 33.2 Å². The van der Waals surface area contributed by atoms with Crippen molar-refractivity contribution in [3.8, 4) is 0 Å². The molecule has 2 aromatic rings. The molecule has 0 saturated carbocycles. The number of benzene rings is 1. The lowest BCUT2D eigenvalue weighted by Crippen LogP contribution is -2.38. The van der Waals surface area contributed by atoms with Crippen LogP contribution in [-0.4, -0.2) is 38.0 Å². The van der Waals surface area contributed by atoms with Gasteiger partial charge in [0.1, 0.15) is 6.04 Å². The van der Waals surface area contributed by atoms with Crippen molar-refractivity contribution in [2.45, 2.75) is 24.3 Å². The van der Waals surface area contributed by atoms with Gasteiger partial charge in [-0.1, -0.05) is 6.07 Å². The molecule has 7 nitrogen and oxygen atoms in total. The number of aliphatic carboxylic acids is 1. The van der Waals surface area contributed by atoms with Gasteiger partial charge in [-0.2, -0.15) is 0 Å². The summed E-state index contributed by atoms with van der Waals surface area (Å²) in [4.78, 5) is 23.7. The van der Waals surface area contributed by atoms with E-state index < -0.39 is 27.9 Å².